The zero-order valence-corrected chi connectivity index (χ0v) is 9.40. The van der Waals surface area contributed by atoms with E-state index in [-0.39, 0.29) is 0 Å². The lowest BCUT2D eigenvalue weighted by molar-refractivity contribution is 0.411. The highest BCUT2D eigenvalue weighted by atomic mass is 35.5. The lowest BCUT2D eigenvalue weighted by Crippen LogP contribution is -2.14. The summed E-state index contributed by atoms with van der Waals surface area (Å²) >= 11 is 5.52. The van der Waals surface area contributed by atoms with Gasteiger partial charge in [-0.25, -0.2) is 0 Å². The number of alkyl halides is 1. The third-order valence-corrected chi connectivity index (χ3v) is 2.33. The van der Waals surface area contributed by atoms with Crippen molar-refractivity contribution in [3.05, 3.63) is 29.3 Å². The molecule has 0 radical (unpaired) electrons. The fourth-order valence-corrected chi connectivity index (χ4v) is 1.53. The van der Waals surface area contributed by atoms with Crippen LogP contribution in [-0.2, 0) is 6.42 Å². The van der Waals surface area contributed by atoms with Crippen molar-refractivity contribution in [3.8, 4) is 5.75 Å². The molecule has 1 aromatic carbocycles. The monoisotopic (exact) mass is 213 g/mol. The van der Waals surface area contributed by atoms with Gasteiger partial charge in [-0.15, -0.1) is 11.6 Å². The van der Waals surface area contributed by atoms with Crippen LogP contribution in [0.3, 0.4) is 0 Å². The molecule has 1 rings (SSSR count). The Kier molecular flexibility index (Phi) is 4.77. The van der Waals surface area contributed by atoms with Crippen molar-refractivity contribution in [2.75, 3.05) is 19.7 Å². The number of benzene rings is 1. The first kappa shape index (κ1) is 11.3. The zero-order chi connectivity index (χ0) is 10.4. The normalized spacial score (nSPS) is 10.2. The highest BCUT2D eigenvalue weighted by Gasteiger charge is 1.99. The molecular formula is C11H16ClNO. The fraction of sp³-hybridized carbons (Fsp3) is 0.455. The molecule has 3 heteroatoms. The molecule has 0 aromatic heterocycles. The minimum atomic E-state index is 0.509. The second-order valence-corrected chi connectivity index (χ2v) is 3.45. The zero-order valence-electron chi connectivity index (χ0n) is 8.64. The van der Waals surface area contributed by atoms with E-state index in [1.165, 1.54) is 11.1 Å². The van der Waals surface area contributed by atoms with Gasteiger partial charge in [0.1, 0.15) is 5.75 Å². The van der Waals surface area contributed by atoms with E-state index in [1.807, 2.05) is 6.07 Å². The number of hydrogen-bond donors (Lipinski definition) is 1. The molecule has 1 aromatic rings. The summed E-state index contributed by atoms with van der Waals surface area (Å²) in [7, 11) is 1.69. The Morgan fingerprint density at radius 1 is 1.43 bits per heavy atom. The SMILES string of the molecule is COc1ccc(CCNCCl)cc1C. The minimum absolute atomic E-state index is 0.509. The van der Waals surface area contributed by atoms with Gasteiger partial charge < -0.3 is 10.1 Å². The topological polar surface area (TPSA) is 21.3 Å². The summed E-state index contributed by atoms with van der Waals surface area (Å²) in [6.07, 6.45) is 0.998. The highest BCUT2D eigenvalue weighted by Crippen LogP contribution is 2.18. The predicted molar refractivity (Wildman–Crippen MR) is 60.2 cm³/mol. The second kappa shape index (κ2) is 5.89. The van der Waals surface area contributed by atoms with Crippen LogP contribution >= 0.6 is 11.6 Å². The Labute approximate surface area is 90.2 Å². The van der Waals surface area contributed by atoms with E-state index in [2.05, 4.69) is 24.4 Å². The molecule has 1 N–H and O–H groups in total. The average Bonchev–Trinajstić information content (AvgIpc) is 2.18. The number of aryl methyl sites for hydroxylation is 1. The summed E-state index contributed by atoms with van der Waals surface area (Å²) in [5.41, 5.74) is 2.48. The molecule has 78 valence electrons. The van der Waals surface area contributed by atoms with Crippen molar-refractivity contribution >= 4 is 11.6 Å². The first-order valence-electron chi connectivity index (χ1n) is 4.68. The number of halogens is 1. The van der Waals surface area contributed by atoms with Crippen molar-refractivity contribution in [2.24, 2.45) is 0 Å². The van der Waals surface area contributed by atoms with Crippen LogP contribution in [0.5, 0.6) is 5.75 Å². The Morgan fingerprint density at radius 2 is 2.21 bits per heavy atom. The summed E-state index contributed by atoms with van der Waals surface area (Å²) < 4.78 is 5.19. The summed E-state index contributed by atoms with van der Waals surface area (Å²) in [6.45, 7) is 2.96. The maximum Gasteiger partial charge on any atom is 0.121 e. The van der Waals surface area contributed by atoms with E-state index < -0.39 is 0 Å². The number of methoxy groups -OCH3 is 1. The van der Waals surface area contributed by atoms with Crippen molar-refractivity contribution < 1.29 is 4.74 Å². The van der Waals surface area contributed by atoms with Gasteiger partial charge in [0.2, 0.25) is 0 Å². The van der Waals surface area contributed by atoms with Crippen molar-refractivity contribution in [1.29, 1.82) is 0 Å². The van der Waals surface area contributed by atoms with Crippen LogP contribution in [0.4, 0.5) is 0 Å². The largest absolute Gasteiger partial charge is 0.496 e. The lowest BCUT2D eigenvalue weighted by Gasteiger charge is -2.07. The minimum Gasteiger partial charge on any atom is -0.496 e. The second-order valence-electron chi connectivity index (χ2n) is 3.19. The fourth-order valence-electron chi connectivity index (χ4n) is 1.40. The van der Waals surface area contributed by atoms with E-state index >= 15 is 0 Å². The van der Waals surface area contributed by atoms with Gasteiger partial charge in [0.25, 0.3) is 0 Å². The van der Waals surface area contributed by atoms with E-state index in [0.717, 1.165) is 18.7 Å². The predicted octanol–water partition coefficient (Wildman–Crippen LogP) is 2.33. The molecule has 0 saturated heterocycles. The summed E-state index contributed by atoms with van der Waals surface area (Å²) in [5.74, 6) is 0.944. The van der Waals surface area contributed by atoms with Crippen molar-refractivity contribution in [3.63, 3.8) is 0 Å². The number of nitrogens with one attached hydrogen (secondary N) is 1. The molecule has 0 saturated carbocycles. The summed E-state index contributed by atoms with van der Waals surface area (Å²) in [4.78, 5) is 0. The van der Waals surface area contributed by atoms with Gasteiger partial charge in [-0.3, -0.25) is 0 Å². The molecule has 0 bridgehead atoms. The quantitative estimate of drug-likeness (QED) is 0.461. The van der Waals surface area contributed by atoms with Crippen molar-refractivity contribution in [2.45, 2.75) is 13.3 Å². The van der Waals surface area contributed by atoms with Gasteiger partial charge in [0, 0.05) is 6.54 Å². The Balaban J connectivity index is 2.57. The van der Waals surface area contributed by atoms with Crippen LogP contribution in [0.1, 0.15) is 11.1 Å². The molecule has 0 aliphatic carbocycles. The van der Waals surface area contributed by atoms with Gasteiger partial charge in [0.05, 0.1) is 13.1 Å². The maximum atomic E-state index is 5.52. The van der Waals surface area contributed by atoms with Gasteiger partial charge in [-0.1, -0.05) is 12.1 Å². The maximum absolute atomic E-state index is 5.52. The molecule has 0 spiro atoms. The van der Waals surface area contributed by atoms with Crippen LogP contribution in [0.2, 0.25) is 0 Å². The standard InChI is InChI=1S/C11H16ClNO/c1-9-7-10(5-6-13-8-12)3-4-11(9)14-2/h3-4,7,13H,5-6,8H2,1-2H3. The van der Waals surface area contributed by atoms with Gasteiger partial charge >= 0.3 is 0 Å². The first-order valence-corrected chi connectivity index (χ1v) is 5.21. The molecule has 0 heterocycles. The summed E-state index contributed by atoms with van der Waals surface area (Å²) in [6, 6.07) is 6.75. The van der Waals surface area contributed by atoms with E-state index in [0.29, 0.717) is 6.00 Å². The molecule has 0 unspecified atom stereocenters. The molecule has 14 heavy (non-hydrogen) atoms. The van der Waals surface area contributed by atoms with Gasteiger partial charge in [-0.05, 0) is 30.5 Å². The van der Waals surface area contributed by atoms with Gasteiger partial charge in [-0.2, -0.15) is 0 Å². The summed E-state index contributed by atoms with van der Waals surface area (Å²) in [5, 5.41) is 3.08. The first-order chi connectivity index (χ1) is 6.77. The van der Waals surface area contributed by atoms with Gasteiger partial charge in [0.15, 0.2) is 0 Å². The van der Waals surface area contributed by atoms with Crippen LogP contribution in [-0.4, -0.2) is 19.7 Å². The number of ether oxygens (including phenoxy) is 1. The molecule has 0 amide bonds. The molecule has 0 atom stereocenters. The Bertz CT molecular complexity index is 289. The molecule has 0 fully saturated rings. The van der Waals surface area contributed by atoms with E-state index in [4.69, 9.17) is 16.3 Å². The molecule has 0 aliphatic rings. The van der Waals surface area contributed by atoms with Crippen LogP contribution in [0, 0.1) is 6.92 Å². The number of rotatable bonds is 5. The Hall–Kier alpha value is -0.730. The molecular weight excluding hydrogens is 198 g/mol. The average molecular weight is 214 g/mol. The number of hydrogen-bond acceptors (Lipinski definition) is 2. The van der Waals surface area contributed by atoms with Crippen LogP contribution in [0.25, 0.3) is 0 Å². The smallest absolute Gasteiger partial charge is 0.121 e. The van der Waals surface area contributed by atoms with Crippen molar-refractivity contribution in [1.82, 2.24) is 5.32 Å². The third kappa shape index (κ3) is 3.20. The lowest BCUT2D eigenvalue weighted by atomic mass is 10.1. The van der Waals surface area contributed by atoms with Crippen LogP contribution in [0.15, 0.2) is 18.2 Å². The Morgan fingerprint density at radius 3 is 2.79 bits per heavy atom. The van der Waals surface area contributed by atoms with E-state index in [9.17, 15) is 0 Å². The molecule has 2 nitrogen and oxygen atoms in total. The van der Waals surface area contributed by atoms with E-state index in [1.54, 1.807) is 7.11 Å². The van der Waals surface area contributed by atoms with Crippen LogP contribution < -0.4 is 10.1 Å². The molecule has 0 aliphatic heterocycles. The highest BCUT2D eigenvalue weighted by molar-refractivity contribution is 6.17. The third-order valence-electron chi connectivity index (χ3n) is 2.14.